The van der Waals surface area contributed by atoms with Gasteiger partial charge in [0.2, 0.25) is 0 Å². The molecule has 0 aromatic heterocycles. The van der Waals surface area contributed by atoms with E-state index in [-0.39, 0.29) is 22.9 Å². The van der Waals surface area contributed by atoms with Crippen molar-refractivity contribution in [2.24, 2.45) is 0 Å². The van der Waals surface area contributed by atoms with E-state index in [9.17, 15) is 14.4 Å². The largest absolute Gasteiger partial charge is 0.296 e. The van der Waals surface area contributed by atoms with Gasteiger partial charge in [-0.25, -0.2) is 0 Å². The molecule has 0 spiro atoms. The van der Waals surface area contributed by atoms with Crippen LogP contribution in [0.4, 0.5) is 0 Å². The van der Waals surface area contributed by atoms with E-state index < -0.39 is 0 Å². The molecule has 1 heterocycles. The summed E-state index contributed by atoms with van der Waals surface area (Å²) in [7, 11) is 0. The Morgan fingerprint density at radius 1 is 1.19 bits per heavy atom. The predicted molar refractivity (Wildman–Crippen MR) is 125 cm³/mol. The summed E-state index contributed by atoms with van der Waals surface area (Å²) in [6.07, 6.45) is 8.66. The molecule has 31 heavy (non-hydrogen) atoms. The van der Waals surface area contributed by atoms with Crippen molar-refractivity contribution in [2.75, 3.05) is 13.1 Å². The van der Waals surface area contributed by atoms with E-state index in [0.29, 0.717) is 16.7 Å². The second-order valence-corrected chi connectivity index (χ2v) is 8.24. The van der Waals surface area contributed by atoms with Crippen LogP contribution in [0.5, 0.6) is 0 Å². The molecule has 1 fully saturated rings. The number of piperidine rings is 1. The van der Waals surface area contributed by atoms with Crippen LogP contribution in [0.2, 0.25) is 0 Å². The number of allylic oxidation sites excluding steroid dienone is 6. The van der Waals surface area contributed by atoms with E-state index >= 15 is 0 Å². The van der Waals surface area contributed by atoms with Crippen molar-refractivity contribution in [2.45, 2.75) is 47.5 Å². The zero-order valence-electron chi connectivity index (χ0n) is 19.0. The summed E-state index contributed by atoms with van der Waals surface area (Å²) in [6, 6.07) is 3.80. The van der Waals surface area contributed by atoms with E-state index in [4.69, 9.17) is 0 Å². The highest BCUT2D eigenvalue weighted by molar-refractivity contribution is 6.32. The molecular weight excluding hydrogens is 386 g/mol. The molecule has 1 N–H and O–H groups in total. The fourth-order valence-corrected chi connectivity index (χ4v) is 4.49. The second kappa shape index (κ2) is 9.44. The first-order valence-corrected chi connectivity index (χ1v) is 10.8. The summed E-state index contributed by atoms with van der Waals surface area (Å²) >= 11 is 0. The molecule has 0 bridgehead atoms. The standard InChI is InChI=1S/C27H30NO3/c1-6-22-16(2)14-20(15-23(22)19(5)29)7-8-24(30)26-18(4)13-17(3)25(27(26)31)21-9-11-28-12-10-21/h7-9,13-15,28H,6,10-12H2,1-5H3/q+1/b8-7+,25-21?. The molecule has 4 nitrogen and oxygen atoms in total. The predicted octanol–water partition coefficient (Wildman–Crippen LogP) is 4.68. The lowest BCUT2D eigenvalue weighted by molar-refractivity contribution is -0.117. The van der Waals surface area contributed by atoms with Crippen molar-refractivity contribution in [3.8, 4) is 0 Å². The highest BCUT2D eigenvalue weighted by Crippen LogP contribution is 2.31. The first-order valence-electron chi connectivity index (χ1n) is 10.8. The highest BCUT2D eigenvalue weighted by atomic mass is 16.1. The van der Waals surface area contributed by atoms with E-state index in [1.807, 2.05) is 52.3 Å². The van der Waals surface area contributed by atoms with Gasteiger partial charge in [0.05, 0.1) is 18.5 Å². The molecule has 4 heteroatoms. The number of aryl methyl sites for hydroxylation is 1. The summed E-state index contributed by atoms with van der Waals surface area (Å²) in [5, 5.41) is 3.26. The van der Waals surface area contributed by atoms with Crippen LogP contribution in [0.25, 0.3) is 6.08 Å². The second-order valence-electron chi connectivity index (χ2n) is 8.24. The lowest BCUT2D eigenvalue weighted by Crippen LogP contribution is -2.27. The number of nitrogens with one attached hydrogen (secondary N) is 1. The Morgan fingerprint density at radius 3 is 2.55 bits per heavy atom. The fraction of sp³-hybridized carbons (Fsp3) is 0.333. The minimum Gasteiger partial charge on any atom is -0.296 e. The molecule has 0 radical (unpaired) electrons. The van der Waals surface area contributed by atoms with Crippen molar-refractivity contribution in [1.82, 2.24) is 5.32 Å². The van der Waals surface area contributed by atoms with Crippen LogP contribution in [0, 0.1) is 13.3 Å². The van der Waals surface area contributed by atoms with Gasteiger partial charge in [-0.1, -0.05) is 19.1 Å². The zero-order chi connectivity index (χ0) is 22.7. The van der Waals surface area contributed by atoms with Crippen LogP contribution in [-0.2, 0) is 16.0 Å². The van der Waals surface area contributed by atoms with E-state index in [2.05, 4.69) is 5.32 Å². The number of ketones is 3. The Kier molecular flexibility index (Phi) is 6.91. The molecule has 1 saturated heterocycles. The molecule has 0 unspecified atom stereocenters. The van der Waals surface area contributed by atoms with Gasteiger partial charge >= 0.3 is 0 Å². The van der Waals surface area contributed by atoms with E-state index in [1.165, 1.54) is 6.08 Å². The van der Waals surface area contributed by atoms with E-state index in [1.54, 1.807) is 13.0 Å². The van der Waals surface area contributed by atoms with Crippen LogP contribution >= 0.6 is 0 Å². The number of carbonyl (C=O) groups is 3. The molecule has 1 aromatic carbocycles. The third-order valence-electron chi connectivity index (χ3n) is 5.96. The third-order valence-corrected chi connectivity index (χ3v) is 5.96. The van der Waals surface area contributed by atoms with Gasteiger partial charge in [-0.15, -0.1) is 0 Å². The Morgan fingerprint density at radius 2 is 1.94 bits per heavy atom. The van der Waals surface area contributed by atoms with Gasteiger partial charge in [-0.3, -0.25) is 19.7 Å². The normalized spacial score (nSPS) is 19.5. The van der Waals surface area contributed by atoms with Crippen LogP contribution in [-0.4, -0.2) is 30.4 Å². The Bertz CT molecular complexity index is 1070. The highest BCUT2D eigenvalue weighted by Gasteiger charge is 2.36. The molecule has 3 rings (SSSR count). The molecule has 160 valence electrons. The zero-order valence-corrected chi connectivity index (χ0v) is 19.0. The van der Waals surface area contributed by atoms with Crippen LogP contribution < -0.4 is 5.32 Å². The van der Waals surface area contributed by atoms with Crippen molar-refractivity contribution in [3.63, 3.8) is 0 Å². The summed E-state index contributed by atoms with van der Waals surface area (Å²) < 4.78 is 0. The van der Waals surface area contributed by atoms with Crippen molar-refractivity contribution in [3.05, 3.63) is 80.8 Å². The minimum atomic E-state index is -0.306. The van der Waals surface area contributed by atoms with Gasteiger partial charge in [0, 0.05) is 24.1 Å². The maximum atomic E-state index is 13.3. The topological polar surface area (TPSA) is 63.2 Å². The number of benzene rings is 1. The molecule has 2 aliphatic rings. The van der Waals surface area contributed by atoms with Gasteiger partial charge in [0.1, 0.15) is 5.57 Å². The molecule has 0 atom stereocenters. The van der Waals surface area contributed by atoms with Crippen molar-refractivity contribution in [1.29, 1.82) is 0 Å². The average Bonchev–Trinajstić information content (AvgIpc) is 2.72. The molecule has 1 aliphatic carbocycles. The molecule has 0 saturated carbocycles. The van der Waals surface area contributed by atoms with Crippen molar-refractivity contribution >= 4 is 23.4 Å². The lowest BCUT2D eigenvalue weighted by Gasteiger charge is -2.16. The molecule has 1 aromatic rings. The SMILES string of the molecule is CCc1c(C)cc(/C=C/C(=O)C2=C(C)C=C(C)C(=C3[CH+]CNCC3)C2=O)cc1C(C)=O. The molecular formula is C27H30NO3+. The molecule has 0 amide bonds. The summed E-state index contributed by atoms with van der Waals surface area (Å²) in [4.78, 5) is 38.4. The third kappa shape index (κ3) is 4.70. The van der Waals surface area contributed by atoms with Crippen molar-refractivity contribution < 1.29 is 14.4 Å². The fourth-order valence-electron chi connectivity index (χ4n) is 4.49. The maximum absolute atomic E-state index is 13.3. The lowest BCUT2D eigenvalue weighted by atomic mass is 9.81. The van der Waals surface area contributed by atoms with Gasteiger partial charge in [0.15, 0.2) is 17.1 Å². The smallest absolute Gasteiger partial charge is 0.278 e. The van der Waals surface area contributed by atoms with Crippen LogP contribution in [0.15, 0.2) is 52.2 Å². The number of hydrogen-bond donors (Lipinski definition) is 1. The average molecular weight is 417 g/mol. The summed E-state index contributed by atoms with van der Waals surface area (Å²) in [5.74, 6) is -0.486. The quantitative estimate of drug-likeness (QED) is 0.328. The first kappa shape index (κ1) is 22.7. The van der Waals surface area contributed by atoms with E-state index in [0.717, 1.165) is 53.8 Å². The molecule has 1 aliphatic heterocycles. The van der Waals surface area contributed by atoms with Crippen LogP contribution in [0.3, 0.4) is 0 Å². The summed E-state index contributed by atoms with van der Waals surface area (Å²) in [5.41, 5.74) is 7.03. The maximum Gasteiger partial charge on any atom is 0.278 e. The summed E-state index contributed by atoms with van der Waals surface area (Å²) in [6.45, 7) is 10.9. The van der Waals surface area contributed by atoms with Gasteiger partial charge in [0.25, 0.3) is 5.78 Å². The number of rotatable bonds is 5. The number of carbonyl (C=O) groups excluding carboxylic acids is 3. The van der Waals surface area contributed by atoms with Gasteiger partial charge in [-0.2, -0.15) is 0 Å². The van der Waals surface area contributed by atoms with Crippen LogP contribution in [0.1, 0.15) is 61.2 Å². The Balaban J connectivity index is 1.94. The Labute approximate surface area is 184 Å². The minimum absolute atomic E-state index is 0.0117. The Hall–Kier alpha value is -2.98. The number of hydrogen-bond acceptors (Lipinski definition) is 4. The van der Waals surface area contributed by atoms with Gasteiger partial charge in [-0.05, 0) is 74.6 Å². The monoisotopic (exact) mass is 416 g/mol. The van der Waals surface area contributed by atoms with Gasteiger partial charge < -0.3 is 0 Å². The number of Topliss-reactive ketones (excluding diaryl/α,β-unsaturated/α-hetero) is 2. The first-order chi connectivity index (χ1) is 14.7.